The van der Waals surface area contributed by atoms with E-state index in [0.29, 0.717) is 56.6 Å². The number of aliphatic hydroxyl groups excluding tert-OH is 1. The van der Waals surface area contributed by atoms with Crippen molar-refractivity contribution in [2.24, 2.45) is 27.7 Å². The summed E-state index contributed by atoms with van der Waals surface area (Å²) in [5, 5.41) is 15.5. The Morgan fingerprint density at radius 1 is 1.00 bits per heavy atom. The number of nitrogens with one attached hydrogen (secondary N) is 1. The first-order valence-electron chi connectivity index (χ1n) is 21.5. The van der Waals surface area contributed by atoms with Crippen LogP contribution in [0.15, 0.2) is 29.3 Å². The van der Waals surface area contributed by atoms with E-state index < -0.39 is 65.0 Å². The number of fused-ring (bicyclic) bond motifs is 2. The molecule has 0 spiro atoms. The molecule has 330 valence electrons. The third-order valence-electron chi connectivity index (χ3n) is 12.8. The van der Waals surface area contributed by atoms with Gasteiger partial charge in [0.25, 0.3) is 0 Å². The number of benzene rings is 1. The minimum Gasteiger partial charge on any atom is -0.497 e. The van der Waals surface area contributed by atoms with Gasteiger partial charge in [0.05, 0.1) is 24.3 Å². The van der Waals surface area contributed by atoms with E-state index in [1.54, 1.807) is 56.9 Å². The molecule has 1 aromatic rings. The Bertz CT molecular complexity index is 1680. The van der Waals surface area contributed by atoms with Gasteiger partial charge in [-0.3, -0.25) is 24.2 Å². The number of carbonyl (C=O) groups is 5. The third kappa shape index (κ3) is 11.8. The second-order valence-corrected chi connectivity index (χ2v) is 19.8. The molecule has 4 amide bonds. The summed E-state index contributed by atoms with van der Waals surface area (Å²) in [6, 6.07) is 3.47. The van der Waals surface area contributed by atoms with Gasteiger partial charge in [-0.15, -0.1) is 11.8 Å². The molecule has 0 aromatic heterocycles. The molecule has 3 aliphatic heterocycles. The number of esters is 1. The highest BCUT2D eigenvalue weighted by Gasteiger charge is 2.45. The number of hydrogen-bond acceptors (Lipinski definition) is 10. The molecule has 3 heterocycles. The first-order chi connectivity index (χ1) is 27.6. The van der Waals surface area contributed by atoms with E-state index in [4.69, 9.17) is 14.5 Å². The van der Waals surface area contributed by atoms with E-state index in [9.17, 15) is 29.1 Å². The number of carbonyl (C=O) groups excluding carboxylic acids is 5. The molecule has 1 saturated heterocycles. The van der Waals surface area contributed by atoms with E-state index in [-0.39, 0.29) is 42.5 Å². The van der Waals surface area contributed by atoms with Crippen LogP contribution in [0, 0.1) is 22.7 Å². The number of ether oxygens (including phenoxy) is 2. The number of thioether (sulfide) groups is 1. The van der Waals surface area contributed by atoms with Gasteiger partial charge >= 0.3 is 5.97 Å². The Labute approximate surface area is 356 Å². The molecule has 1 aromatic carbocycles. The van der Waals surface area contributed by atoms with Crippen molar-refractivity contribution >= 4 is 46.4 Å². The Hall–Kier alpha value is -3.65. The van der Waals surface area contributed by atoms with Crippen molar-refractivity contribution in [1.29, 1.82) is 0 Å². The number of rotatable bonds is 5. The zero-order valence-corrected chi connectivity index (χ0v) is 38.4. The van der Waals surface area contributed by atoms with Crippen LogP contribution in [0.2, 0.25) is 0 Å². The SMILES string of the molecule is CC[C@H](C)[C@H]1C(=O)N2CCC[C@H]2C(=O)O[C@H](C(C)(C)C)C[C@@H](C)C[C@H](O)C(C)(C)C2=N[C@@H](CCC(=O)N[C@@H](Cc3ccc(OC)cc3)C(=O)N(C)[C@@H](C)C(=O)N1C)CS2. The smallest absolute Gasteiger partial charge is 0.329 e. The predicted octanol–water partition coefficient (Wildman–Crippen LogP) is 5.50. The molecule has 0 radical (unpaired) electrons. The number of amides is 4. The lowest BCUT2D eigenvalue weighted by Crippen LogP contribution is -2.59. The van der Waals surface area contributed by atoms with E-state index in [2.05, 4.69) is 12.2 Å². The largest absolute Gasteiger partial charge is 0.497 e. The second-order valence-electron chi connectivity index (χ2n) is 18.8. The quantitative estimate of drug-likeness (QED) is 0.366. The lowest BCUT2D eigenvalue weighted by atomic mass is 9.78. The average Bonchev–Trinajstić information content (AvgIpc) is 3.89. The molecular formula is C45H71N5O8S. The highest BCUT2D eigenvalue weighted by molar-refractivity contribution is 8.14. The van der Waals surface area contributed by atoms with Crippen molar-refractivity contribution in [3.05, 3.63) is 29.8 Å². The highest BCUT2D eigenvalue weighted by atomic mass is 32.2. The molecule has 0 saturated carbocycles. The zero-order valence-electron chi connectivity index (χ0n) is 37.6. The first-order valence-corrected chi connectivity index (χ1v) is 22.4. The van der Waals surface area contributed by atoms with Crippen LogP contribution in [0.5, 0.6) is 5.75 Å². The van der Waals surface area contributed by atoms with Gasteiger partial charge in [-0.1, -0.05) is 73.9 Å². The summed E-state index contributed by atoms with van der Waals surface area (Å²) in [5.41, 5.74) is -0.260. The van der Waals surface area contributed by atoms with E-state index in [1.165, 1.54) is 9.80 Å². The third-order valence-corrected chi connectivity index (χ3v) is 14.3. The Kier molecular flexibility index (Phi) is 16.5. The van der Waals surface area contributed by atoms with Gasteiger partial charge in [0.15, 0.2) is 0 Å². The van der Waals surface area contributed by atoms with Gasteiger partial charge in [0.2, 0.25) is 23.6 Å². The van der Waals surface area contributed by atoms with Crippen molar-refractivity contribution in [3.63, 3.8) is 0 Å². The summed E-state index contributed by atoms with van der Waals surface area (Å²) in [7, 11) is 4.70. The maximum atomic E-state index is 14.6. The molecular weight excluding hydrogens is 771 g/mol. The molecule has 2 N–H and O–H groups in total. The Balaban J connectivity index is 1.71. The van der Waals surface area contributed by atoms with Crippen molar-refractivity contribution in [1.82, 2.24) is 20.0 Å². The van der Waals surface area contributed by atoms with Crippen molar-refractivity contribution < 1.29 is 38.6 Å². The minimum absolute atomic E-state index is 0.00766. The lowest BCUT2D eigenvalue weighted by Gasteiger charge is -2.39. The molecule has 2 bridgehead atoms. The fraction of sp³-hybridized carbons (Fsp3) is 0.733. The Morgan fingerprint density at radius 2 is 1.66 bits per heavy atom. The summed E-state index contributed by atoms with van der Waals surface area (Å²) in [5.74, 6) is -0.903. The van der Waals surface area contributed by atoms with Crippen LogP contribution in [0.1, 0.15) is 113 Å². The van der Waals surface area contributed by atoms with E-state index >= 15 is 0 Å². The van der Waals surface area contributed by atoms with Gasteiger partial charge in [0.1, 0.15) is 36.0 Å². The summed E-state index contributed by atoms with van der Waals surface area (Å²) in [6.07, 6.45) is 2.23. The molecule has 13 nitrogen and oxygen atoms in total. The van der Waals surface area contributed by atoms with Crippen molar-refractivity contribution in [3.8, 4) is 5.75 Å². The number of nitrogens with zero attached hydrogens (tertiary/aromatic N) is 4. The first kappa shape index (κ1) is 48.0. The van der Waals surface area contributed by atoms with Gasteiger partial charge < -0.3 is 34.6 Å². The van der Waals surface area contributed by atoms with Crippen LogP contribution in [0.3, 0.4) is 0 Å². The van der Waals surface area contributed by atoms with Crippen LogP contribution in [-0.2, 0) is 35.1 Å². The van der Waals surface area contributed by atoms with Crippen molar-refractivity contribution in [2.75, 3.05) is 33.5 Å². The number of aliphatic imine (C=N–C) groups is 1. The Morgan fingerprint density at radius 3 is 2.27 bits per heavy atom. The van der Waals surface area contributed by atoms with Crippen LogP contribution in [0.4, 0.5) is 0 Å². The topological polar surface area (TPSA) is 158 Å². The average molecular weight is 842 g/mol. The maximum Gasteiger partial charge on any atom is 0.329 e. The molecule has 4 rings (SSSR count). The molecule has 0 aliphatic carbocycles. The number of aliphatic hydroxyl groups is 1. The number of methoxy groups -OCH3 is 1. The molecule has 59 heavy (non-hydrogen) atoms. The minimum atomic E-state index is -0.982. The lowest BCUT2D eigenvalue weighted by molar-refractivity contribution is -0.166. The molecule has 0 unspecified atom stereocenters. The standard InChI is InChI=1S/C45H71N5O8S/c1-13-28(3)38-41(55)50-22-14-15-34(50)42(56)58-36(44(5,6)7)24-27(2)23-35(51)45(8,9)43-46-31(26-59-43)18-21-37(52)47-33(25-30-16-19-32(57-12)20-17-30)40(54)48(10)29(4)39(53)49(38)11/h16-17,19-20,27-29,31,33-36,38,51H,13-15,18,21-26H2,1-12H3,(H,47,52)/t27-,28-,29-,31-,33-,34-,35-,36-,38-/m0/s1. The zero-order chi connectivity index (χ0) is 44.0. The predicted molar refractivity (Wildman–Crippen MR) is 232 cm³/mol. The maximum absolute atomic E-state index is 14.6. The van der Waals surface area contributed by atoms with Crippen LogP contribution >= 0.6 is 11.8 Å². The van der Waals surface area contributed by atoms with Crippen LogP contribution in [-0.4, -0.2) is 130 Å². The van der Waals surface area contributed by atoms with Crippen LogP contribution < -0.4 is 10.1 Å². The van der Waals surface area contributed by atoms with E-state index in [1.807, 2.05) is 60.6 Å². The fourth-order valence-electron chi connectivity index (χ4n) is 8.25. The molecule has 9 atom stereocenters. The van der Waals surface area contributed by atoms with Crippen LogP contribution in [0.25, 0.3) is 0 Å². The monoisotopic (exact) mass is 842 g/mol. The second kappa shape index (κ2) is 20.3. The normalized spacial score (nSPS) is 30.5. The van der Waals surface area contributed by atoms with Gasteiger partial charge in [0, 0.05) is 44.6 Å². The van der Waals surface area contributed by atoms with Gasteiger partial charge in [-0.05, 0) is 74.0 Å². The summed E-state index contributed by atoms with van der Waals surface area (Å²) >= 11 is 1.60. The molecule has 14 heteroatoms. The molecule has 1 fully saturated rings. The highest BCUT2D eigenvalue weighted by Crippen LogP contribution is 2.39. The summed E-state index contributed by atoms with van der Waals surface area (Å²) in [6.45, 7) is 18.0. The number of cyclic esters (lactones) is 1. The number of likely N-dealkylation sites (N-methyl/N-ethyl adjacent to an activating group) is 2. The van der Waals surface area contributed by atoms with Gasteiger partial charge in [-0.25, -0.2) is 4.79 Å². The summed E-state index contributed by atoms with van der Waals surface area (Å²) in [4.78, 5) is 80.3. The number of hydrogen-bond donors (Lipinski definition) is 2. The summed E-state index contributed by atoms with van der Waals surface area (Å²) < 4.78 is 11.6. The van der Waals surface area contributed by atoms with Gasteiger partial charge in [-0.2, -0.15) is 0 Å². The fourth-order valence-corrected chi connectivity index (χ4v) is 9.57. The van der Waals surface area contributed by atoms with Crippen molar-refractivity contribution in [2.45, 2.75) is 156 Å². The van der Waals surface area contributed by atoms with E-state index in [0.717, 1.165) is 10.6 Å². The molecule has 3 aliphatic rings.